The summed E-state index contributed by atoms with van der Waals surface area (Å²) >= 11 is 0. The van der Waals surface area contributed by atoms with Crippen LogP contribution in [-0.4, -0.2) is 28.8 Å². The van der Waals surface area contributed by atoms with Crippen LogP contribution in [0.25, 0.3) is 0 Å². The molecule has 1 aromatic carbocycles. The summed E-state index contributed by atoms with van der Waals surface area (Å²) in [6.07, 6.45) is 6.39. The van der Waals surface area contributed by atoms with E-state index in [1.165, 1.54) is 11.0 Å². The Morgan fingerprint density at radius 3 is 2.55 bits per heavy atom. The maximum absolute atomic E-state index is 12.5. The number of benzene rings is 1. The van der Waals surface area contributed by atoms with E-state index in [-0.39, 0.29) is 29.1 Å². The van der Waals surface area contributed by atoms with Gasteiger partial charge in [-0.25, -0.2) is 4.79 Å². The minimum Gasteiger partial charge on any atom is -0.271 e. The minimum atomic E-state index is -0.327. The molecule has 3 rings (SSSR count). The van der Waals surface area contributed by atoms with Gasteiger partial charge in [-0.2, -0.15) is 4.99 Å². The Kier molecular flexibility index (Phi) is 3.20. The molecule has 0 radical (unpaired) electrons. The lowest BCUT2D eigenvalue weighted by Crippen LogP contribution is -2.40. The van der Waals surface area contributed by atoms with Crippen LogP contribution in [0.3, 0.4) is 0 Å². The number of rotatable bonds is 2. The van der Waals surface area contributed by atoms with Gasteiger partial charge >= 0.3 is 0 Å². The number of hydrogen-bond donors (Lipinski definition) is 0. The molecule has 20 heavy (non-hydrogen) atoms. The highest BCUT2D eigenvalue weighted by Crippen LogP contribution is 2.35. The second kappa shape index (κ2) is 5.02. The molecule has 0 bridgehead atoms. The summed E-state index contributed by atoms with van der Waals surface area (Å²) in [5.41, 5.74) is 0.817. The predicted octanol–water partition coefficient (Wildman–Crippen LogP) is 2.58. The number of carbonyl (C=O) groups excluding carboxylic acids is 3. The smallest absolute Gasteiger partial charge is 0.264 e. The highest BCUT2D eigenvalue weighted by atomic mass is 16.2. The molecule has 0 unspecified atom stereocenters. The Morgan fingerprint density at radius 1 is 1.10 bits per heavy atom. The van der Waals surface area contributed by atoms with Crippen molar-refractivity contribution in [3.8, 4) is 0 Å². The lowest BCUT2D eigenvalue weighted by atomic mass is 9.94. The Balaban J connectivity index is 2.03. The molecule has 2 aliphatic rings. The van der Waals surface area contributed by atoms with E-state index >= 15 is 0 Å². The molecular weight excluding hydrogens is 256 g/mol. The van der Waals surface area contributed by atoms with E-state index in [0.29, 0.717) is 5.56 Å². The lowest BCUT2D eigenvalue weighted by Gasteiger charge is -2.29. The average molecular weight is 270 g/mol. The van der Waals surface area contributed by atoms with Gasteiger partial charge in [-0.15, -0.1) is 0 Å². The Bertz CT molecular complexity index is 626. The van der Waals surface area contributed by atoms with Crippen molar-refractivity contribution in [1.82, 2.24) is 4.90 Å². The van der Waals surface area contributed by atoms with Crippen molar-refractivity contribution >= 4 is 23.6 Å². The monoisotopic (exact) mass is 270 g/mol. The van der Waals surface area contributed by atoms with Gasteiger partial charge in [-0.1, -0.05) is 25.3 Å². The SMILES string of the molecule is O=C=Nc1cccc2c1C(=O)N(C1CCCCC1)C2=O. The Labute approximate surface area is 116 Å². The first-order valence-electron chi connectivity index (χ1n) is 6.83. The molecule has 102 valence electrons. The molecule has 1 fully saturated rings. The van der Waals surface area contributed by atoms with Gasteiger partial charge in [0.2, 0.25) is 6.08 Å². The third-order valence-electron chi connectivity index (χ3n) is 4.03. The van der Waals surface area contributed by atoms with Crippen LogP contribution in [0, 0.1) is 0 Å². The normalized spacial score (nSPS) is 18.9. The van der Waals surface area contributed by atoms with Gasteiger partial charge in [0.25, 0.3) is 11.8 Å². The van der Waals surface area contributed by atoms with Crippen molar-refractivity contribution in [2.24, 2.45) is 4.99 Å². The molecule has 1 saturated carbocycles. The molecule has 0 spiro atoms. The molecule has 0 aromatic heterocycles. The van der Waals surface area contributed by atoms with Gasteiger partial charge in [-0.05, 0) is 25.0 Å². The fraction of sp³-hybridized carbons (Fsp3) is 0.400. The van der Waals surface area contributed by atoms with Crippen LogP contribution in [0.15, 0.2) is 23.2 Å². The highest BCUT2D eigenvalue weighted by Gasteiger charge is 2.41. The van der Waals surface area contributed by atoms with E-state index in [9.17, 15) is 14.4 Å². The van der Waals surface area contributed by atoms with E-state index in [2.05, 4.69) is 4.99 Å². The van der Waals surface area contributed by atoms with Gasteiger partial charge < -0.3 is 0 Å². The molecule has 1 aromatic rings. The molecular formula is C15H14N2O3. The summed E-state index contributed by atoms with van der Waals surface area (Å²) in [5, 5.41) is 0. The lowest BCUT2D eigenvalue weighted by molar-refractivity contribution is 0.0549. The maximum Gasteiger partial charge on any atom is 0.264 e. The number of amides is 2. The zero-order valence-electron chi connectivity index (χ0n) is 11.0. The first-order chi connectivity index (χ1) is 9.74. The standard InChI is InChI=1S/C15H14N2O3/c18-9-16-12-8-4-7-11-13(12)15(20)17(14(11)19)10-5-2-1-3-6-10/h4,7-8,10H,1-3,5-6H2. The van der Waals surface area contributed by atoms with Gasteiger partial charge in [0.15, 0.2) is 0 Å². The van der Waals surface area contributed by atoms with E-state index in [1.807, 2.05) is 0 Å². The van der Waals surface area contributed by atoms with E-state index in [4.69, 9.17) is 0 Å². The van der Waals surface area contributed by atoms with Crippen LogP contribution in [0.1, 0.15) is 52.8 Å². The van der Waals surface area contributed by atoms with Crippen molar-refractivity contribution in [1.29, 1.82) is 0 Å². The van der Waals surface area contributed by atoms with Gasteiger partial charge in [0.1, 0.15) is 0 Å². The van der Waals surface area contributed by atoms with Crippen molar-refractivity contribution in [2.45, 2.75) is 38.1 Å². The second-order valence-electron chi connectivity index (χ2n) is 5.17. The number of isocyanates is 1. The molecule has 5 nitrogen and oxygen atoms in total. The van der Waals surface area contributed by atoms with Crippen molar-refractivity contribution in [2.75, 3.05) is 0 Å². The van der Waals surface area contributed by atoms with Crippen molar-refractivity contribution in [3.05, 3.63) is 29.3 Å². The maximum atomic E-state index is 12.5. The summed E-state index contributed by atoms with van der Waals surface area (Å²) in [6, 6.07) is 4.77. The predicted molar refractivity (Wildman–Crippen MR) is 71.6 cm³/mol. The van der Waals surface area contributed by atoms with Gasteiger partial charge in [-0.3, -0.25) is 14.5 Å². The summed E-state index contributed by atoms with van der Waals surface area (Å²) < 4.78 is 0. The van der Waals surface area contributed by atoms with Crippen LogP contribution in [0.4, 0.5) is 5.69 Å². The fourth-order valence-corrected chi connectivity index (χ4v) is 3.10. The number of carbonyl (C=O) groups is 2. The van der Waals surface area contributed by atoms with E-state index in [0.717, 1.165) is 32.1 Å². The van der Waals surface area contributed by atoms with E-state index in [1.54, 1.807) is 18.2 Å². The van der Waals surface area contributed by atoms with Crippen LogP contribution in [0.2, 0.25) is 0 Å². The molecule has 2 amide bonds. The zero-order valence-corrected chi connectivity index (χ0v) is 11.0. The number of aliphatic imine (C=N–C) groups is 1. The molecule has 1 aliphatic heterocycles. The first kappa shape index (κ1) is 12.8. The van der Waals surface area contributed by atoms with Crippen LogP contribution >= 0.6 is 0 Å². The number of fused-ring (bicyclic) bond motifs is 1. The summed E-state index contributed by atoms with van der Waals surface area (Å²) in [4.78, 5) is 40.3. The topological polar surface area (TPSA) is 66.8 Å². The third kappa shape index (κ3) is 1.87. The van der Waals surface area contributed by atoms with Crippen molar-refractivity contribution in [3.63, 3.8) is 0 Å². The average Bonchev–Trinajstić information content (AvgIpc) is 2.73. The zero-order chi connectivity index (χ0) is 14.1. The quantitative estimate of drug-likeness (QED) is 0.471. The molecule has 0 atom stereocenters. The molecule has 1 heterocycles. The highest BCUT2D eigenvalue weighted by molar-refractivity contribution is 6.23. The number of hydrogen-bond acceptors (Lipinski definition) is 4. The van der Waals surface area contributed by atoms with Crippen molar-refractivity contribution < 1.29 is 14.4 Å². The molecule has 1 aliphatic carbocycles. The van der Waals surface area contributed by atoms with Crippen LogP contribution < -0.4 is 0 Å². The largest absolute Gasteiger partial charge is 0.271 e. The summed E-state index contributed by atoms with van der Waals surface area (Å²) in [7, 11) is 0. The first-order valence-corrected chi connectivity index (χ1v) is 6.83. The number of nitrogens with zero attached hydrogens (tertiary/aromatic N) is 2. The summed E-state index contributed by atoms with van der Waals surface area (Å²) in [6.45, 7) is 0. The molecule has 5 heteroatoms. The Morgan fingerprint density at radius 2 is 1.85 bits per heavy atom. The fourth-order valence-electron chi connectivity index (χ4n) is 3.10. The van der Waals surface area contributed by atoms with E-state index < -0.39 is 0 Å². The third-order valence-corrected chi connectivity index (χ3v) is 4.03. The summed E-state index contributed by atoms with van der Waals surface area (Å²) in [5.74, 6) is -0.591. The van der Waals surface area contributed by atoms with Crippen LogP contribution in [0.5, 0.6) is 0 Å². The Hall–Kier alpha value is -2.26. The molecule has 0 N–H and O–H groups in total. The molecule has 0 saturated heterocycles. The van der Waals surface area contributed by atoms with Gasteiger partial charge in [0.05, 0.1) is 16.8 Å². The van der Waals surface area contributed by atoms with Crippen LogP contribution in [-0.2, 0) is 4.79 Å². The van der Waals surface area contributed by atoms with Gasteiger partial charge in [0, 0.05) is 6.04 Å². The second-order valence-corrected chi connectivity index (χ2v) is 5.17. The number of imide groups is 1. The minimum absolute atomic E-state index is 0.0239.